The number of carbonyl (C=O) groups is 1. The molecular weight excluding hydrogens is 412 g/mol. The molecule has 4 heterocycles. The summed E-state index contributed by atoms with van der Waals surface area (Å²) in [5.74, 6) is 1.25. The number of benzene rings is 1. The van der Waals surface area contributed by atoms with Crippen molar-refractivity contribution in [1.82, 2.24) is 30.3 Å². The Morgan fingerprint density at radius 1 is 1.12 bits per heavy atom. The highest BCUT2D eigenvalue weighted by atomic mass is 16.5. The minimum absolute atomic E-state index is 0.117. The quantitative estimate of drug-likeness (QED) is 0.384. The highest BCUT2D eigenvalue weighted by molar-refractivity contribution is 6.04. The zero-order chi connectivity index (χ0) is 22.2. The third-order valence-electron chi connectivity index (χ3n) is 5.02. The van der Waals surface area contributed by atoms with Crippen molar-refractivity contribution >= 4 is 17.1 Å². The first-order valence-electron chi connectivity index (χ1n) is 9.85. The fraction of sp³-hybridized carbons (Fsp3) is 0.182. The summed E-state index contributed by atoms with van der Waals surface area (Å²) in [6, 6.07) is 12.9. The summed E-state index contributed by atoms with van der Waals surface area (Å²) in [7, 11) is 0. The van der Waals surface area contributed by atoms with E-state index in [4.69, 9.17) is 13.7 Å². The summed E-state index contributed by atoms with van der Waals surface area (Å²) >= 11 is 0. The Kier molecular flexibility index (Phi) is 4.74. The molecular formula is C22H18N6O4. The molecule has 5 rings (SSSR count). The van der Waals surface area contributed by atoms with Crippen LogP contribution in [-0.2, 0) is 11.3 Å². The molecule has 0 aliphatic rings. The van der Waals surface area contributed by atoms with Gasteiger partial charge in [-0.25, -0.2) is 9.78 Å². The second-order valence-corrected chi connectivity index (χ2v) is 7.25. The number of tetrazole rings is 1. The average molecular weight is 430 g/mol. The topological polar surface area (TPSA) is 122 Å². The molecule has 0 fully saturated rings. The van der Waals surface area contributed by atoms with Crippen molar-refractivity contribution in [2.24, 2.45) is 0 Å². The van der Waals surface area contributed by atoms with Crippen LogP contribution in [0.1, 0.15) is 33.4 Å². The number of carbonyl (C=O) groups excluding carboxylic acids is 1. The molecule has 0 aliphatic heterocycles. The summed E-state index contributed by atoms with van der Waals surface area (Å²) in [5, 5.41) is 16.1. The molecule has 10 nitrogen and oxygen atoms in total. The number of fused-ring (bicyclic) bond motifs is 1. The van der Waals surface area contributed by atoms with E-state index in [9.17, 15) is 4.79 Å². The Hall–Kier alpha value is -4.34. The zero-order valence-electron chi connectivity index (χ0n) is 17.6. The van der Waals surface area contributed by atoms with Gasteiger partial charge in [0.15, 0.2) is 12.4 Å². The van der Waals surface area contributed by atoms with E-state index in [-0.39, 0.29) is 12.3 Å². The minimum atomic E-state index is -0.564. The van der Waals surface area contributed by atoms with Gasteiger partial charge >= 0.3 is 5.97 Å². The number of para-hydroxylation sites is 1. The molecule has 0 amide bonds. The number of nitrogens with zero attached hydrogens (tertiary/aromatic N) is 6. The average Bonchev–Trinajstić information content (AvgIpc) is 3.50. The third-order valence-corrected chi connectivity index (χ3v) is 5.02. The number of hydrogen-bond acceptors (Lipinski definition) is 9. The van der Waals surface area contributed by atoms with E-state index in [1.807, 2.05) is 50.2 Å². The van der Waals surface area contributed by atoms with Crippen LogP contribution in [0.3, 0.4) is 0 Å². The van der Waals surface area contributed by atoms with Gasteiger partial charge in [0.2, 0.25) is 0 Å². The smallest absolute Gasteiger partial charge is 0.339 e. The maximum atomic E-state index is 13.1. The summed E-state index contributed by atoms with van der Waals surface area (Å²) < 4.78 is 18.0. The molecule has 0 atom stereocenters. The lowest BCUT2D eigenvalue weighted by atomic mass is 10.1. The van der Waals surface area contributed by atoms with Crippen molar-refractivity contribution in [3.8, 4) is 16.9 Å². The Morgan fingerprint density at radius 3 is 2.69 bits per heavy atom. The highest BCUT2D eigenvalue weighted by Crippen LogP contribution is 2.30. The van der Waals surface area contributed by atoms with Crippen LogP contribution in [-0.4, -0.2) is 36.3 Å². The fourth-order valence-corrected chi connectivity index (χ4v) is 3.55. The van der Waals surface area contributed by atoms with E-state index in [2.05, 4.69) is 25.7 Å². The van der Waals surface area contributed by atoms with Crippen molar-refractivity contribution in [3.05, 3.63) is 71.1 Å². The predicted molar refractivity (Wildman–Crippen MR) is 112 cm³/mol. The molecule has 0 bridgehead atoms. The number of esters is 1. The van der Waals surface area contributed by atoms with Crippen LogP contribution < -0.4 is 0 Å². The van der Waals surface area contributed by atoms with E-state index in [1.54, 1.807) is 13.0 Å². The molecule has 1 aromatic carbocycles. The Labute approximate surface area is 181 Å². The molecule has 0 unspecified atom stereocenters. The van der Waals surface area contributed by atoms with Crippen molar-refractivity contribution in [2.45, 2.75) is 27.4 Å². The number of furan rings is 1. The molecule has 5 aromatic rings. The molecule has 0 spiro atoms. The van der Waals surface area contributed by atoms with Crippen LogP contribution in [0.2, 0.25) is 0 Å². The standard InChI is InChI=1S/C22H18N6O4/c1-12-9-16(14(3)31-12)18-10-17(20-13(2)25-32-21(20)23-18)22(29)30-11-19-24-26-27-28(19)15-7-5-4-6-8-15/h4-10H,11H2,1-3H3. The van der Waals surface area contributed by atoms with Gasteiger partial charge in [-0.1, -0.05) is 23.4 Å². The van der Waals surface area contributed by atoms with E-state index in [0.29, 0.717) is 33.9 Å². The highest BCUT2D eigenvalue weighted by Gasteiger charge is 2.22. The largest absolute Gasteiger partial charge is 0.466 e. The zero-order valence-corrected chi connectivity index (χ0v) is 17.6. The first-order valence-corrected chi connectivity index (χ1v) is 9.85. The van der Waals surface area contributed by atoms with Gasteiger partial charge in [0.05, 0.1) is 28.0 Å². The van der Waals surface area contributed by atoms with E-state index in [0.717, 1.165) is 17.0 Å². The van der Waals surface area contributed by atoms with Crippen LogP contribution in [0.15, 0.2) is 51.4 Å². The minimum Gasteiger partial charge on any atom is -0.466 e. The number of pyridine rings is 1. The molecule has 160 valence electrons. The van der Waals surface area contributed by atoms with Crippen LogP contribution >= 0.6 is 0 Å². The van der Waals surface area contributed by atoms with Gasteiger partial charge in [0.1, 0.15) is 11.5 Å². The number of aromatic nitrogens is 6. The van der Waals surface area contributed by atoms with E-state index in [1.165, 1.54) is 4.68 Å². The van der Waals surface area contributed by atoms with Crippen molar-refractivity contribution in [1.29, 1.82) is 0 Å². The van der Waals surface area contributed by atoms with Gasteiger partial charge in [-0.3, -0.25) is 0 Å². The van der Waals surface area contributed by atoms with Crippen molar-refractivity contribution in [3.63, 3.8) is 0 Å². The molecule has 0 radical (unpaired) electrons. The molecule has 0 saturated heterocycles. The van der Waals surface area contributed by atoms with Crippen LogP contribution in [0.4, 0.5) is 0 Å². The van der Waals surface area contributed by atoms with Crippen LogP contribution in [0, 0.1) is 20.8 Å². The molecule has 32 heavy (non-hydrogen) atoms. The normalized spacial score (nSPS) is 11.2. The van der Waals surface area contributed by atoms with Gasteiger partial charge in [-0.2, -0.15) is 4.68 Å². The summed E-state index contributed by atoms with van der Waals surface area (Å²) in [4.78, 5) is 17.6. The number of ether oxygens (including phenoxy) is 1. The summed E-state index contributed by atoms with van der Waals surface area (Å²) in [6.07, 6.45) is 0. The van der Waals surface area contributed by atoms with E-state index >= 15 is 0 Å². The number of aryl methyl sites for hydroxylation is 3. The molecule has 0 saturated carbocycles. The maximum absolute atomic E-state index is 13.1. The Morgan fingerprint density at radius 2 is 1.94 bits per heavy atom. The van der Waals surface area contributed by atoms with Gasteiger partial charge in [-0.15, -0.1) is 5.10 Å². The van der Waals surface area contributed by atoms with E-state index < -0.39 is 5.97 Å². The molecule has 0 N–H and O–H groups in total. The summed E-state index contributed by atoms with van der Waals surface area (Å²) in [5.41, 5.74) is 3.14. The van der Waals surface area contributed by atoms with Gasteiger partial charge in [0.25, 0.3) is 5.71 Å². The lowest BCUT2D eigenvalue weighted by Gasteiger charge is -2.08. The SMILES string of the molecule is Cc1cc(-c2cc(C(=O)OCc3nnnn3-c3ccccc3)c3c(C)noc3n2)c(C)o1. The molecule has 0 aliphatic carbocycles. The van der Waals surface area contributed by atoms with Gasteiger partial charge in [-0.05, 0) is 55.5 Å². The first-order chi connectivity index (χ1) is 15.5. The lowest BCUT2D eigenvalue weighted by molar-refractivity contribution is 0.0461. The molecule has 10 heteroatoms. The maximum Gasteiger partial charge on any atom is 0.339 e. The second kappa shape index (κ2) is 7.73. The monoisotopic (exact) mass is 430 g/mol. The van der Waals surface area contributed by atoms with Crippen LogP contribution in [0.5, 0.6) is 0 Å². The Bertz CT molecular complexity index is 1430. The predicted octanol–water partition coefficient (Wildman–Crippen LogP) is 3.74. The molecule has 4 aromatic heterocycles. The number of hydrogen-bond donors (Lipinski definition) is 0. The summed E-state index contributed by atoms with van der Waals surface area (Å²) in [6.45, 7) is 5.31. The van der Waals surface area contributed by atoms with Crippen molar-refractivity contribution in [2.75, 3.05) is 0 Å². The van der Waals surface area contributed by atoms with Crippen LogP contribution in [0.25, 0.3) is 28.0 Å². The Balaban J connectivity index is 1.48. The third kappa shape index (κ3) is 3.41. The lowest BCUT2D eigenvalue weighted by Crippen LogP contribution is -2.11. The fourth-order valence-electron chi connectivity index (χ4n) is 3.55. The second-order valence-electron chi connectivity index (χ2n) is 7.25. The van der Waals surface area contributed by atoms with Crippen molar-refractivity contribution < 1.29 is 18.5 Å². The van der Waals surface area contributed by atoms with Gasteiger partial charge < -0.3 is 13.7 Å². The van der Waals surface area contributed by atoms with Gasteiger partial charge in [0, 0.05) is 5.56 Å². The number of rotatable bonds is 5. The first kappa shape index (κ1) is 19.6.